The lowest BCUT2D eigenvalue weighted by molar-refractivity contribution is -0.132. The molecule has 1 aliphatic heterocycles. The van der Waals surface area contributed by atoms with Crippen LogP contribution >= 0.6 is 0 Å². The lowest BCUT2D eigenvalue weighted by Gasteiger charge is -2.25. The van der Waals surface area contributed by atoms with Crippen molar-refractivity contribution in [3.63, 3.8) is 0 Å². The molecule has 1 amide bonds. The molecule has 1 unspecified atom stereocenters. The number of hydrogen-bond donors (Lipinski definition) is 1. The molecule has 1 atom stereocenters. The molecule has 0 bridgehead atoms. The van der Waals surface area contributed by atoms with E-state index in [-0.39, 0.29) is 16.9 Å². The lowest BCUT2D eigenvalue weighted by Crippen LogP contribution is -2.29. The number of anilines is 1. The Hall–Kier alpha value is -3.93. The van der Waals surface area contributed by atoms with Crippen LogP contribution in [-0.2, 0) is 9.59 Å². The summed E-state index contributed by atoms with van der Waals surface area (Å²) < 4.78 is 19.3. The maximum Gasteiger partial charge on any atom is 0.300 e. The predicted octanol–water partition coefficient (Wildman–Crippen LogP) is 5.16. The molecule has 1 heterocycles. The molecule has 1 saturated heterocycles. The minimum absolute atomic E-state index is 0.0472. The quantitative estimate of drug-likeness (QED) is 0.344. The first-order valence-corrected chi connectivity index (χ1v) is 10.3. The highest BCUT2D eigenvalue weighted by atomic mass is 19.1. The molecule has 32 heavy (non-hydrogen) atoms. The Morgan fingerprint density at radius 2 is 1.72 bits per heavy atom. The van der Waals surface area contributed by atoms with Crippen molar-refractivity contribution >= 4 is 23.1 Å². The normalized spacial score (nSPS) is 17.6. The van der Waals surface area contributed by atoms with Gasteiger partial charge >= 0.3 is 0 Å². The van der Waals surface area contributed by atoms with Gasteiger partial charge in [0.15, 0.2) is 0 Å². The Morgan fingerprint density at radius 1 is 1.03 bits per heavy atom. The highest BCUT2D eigenvalue weighted by Gasteiger charge is 2.46. The molecule has 4 rings (SSSR count). The second kappa shape index (κ2) is 8.67. The van der Waals surface area contributed by atoms with E-state index in [1.54, 1.807) is 55.5 Å². The van der Waals surface area contributed by atoms with Crippen LogP contribution in [0, 0.1) is 12.7 Å². The molecule has 0 aliphatic carbocycles. The molecule has 162 valence electrons. The SMILES string of the molecule is CCOc1ccc(C2/C(=C(/O)c3ccc(F)c(C)c3)C(=O)C(=O)N2c2ccccc2)cc1. The molecule has 0 saturated carbocycles. The van der Waals surface area contributed by atoms with Crippen molar-refractivity contribution in [3.8, 4) is 5.75 Å². The zero-order valence-electron chi connectivity index (χ0n) is 17.7. The number of halogens is 1. The largest absolute Gasteiger partial charge is 0.507 e. The summed E-state index contributed by atoms with van der Waals surface area (Å²) in [4.78, 5) is 27.5. The summed E-state index contributed by atoms with van der Waals surface area (Å²) in [7, 11) is 0. The number of rotatable bonds is 5. The Balaban J connectivity index is 1.91. The molecule has 1 N–H and O–H groups in total. The summed E-state index contributed by atoms with van der Waals surface area (Å²) in [5, 5.41) is 11.1. The minimum atomic E-state index is -0.849. The van der Waals surface area contributed by atoms with Crippen LogP contribution < -0.4 is 9.64 Å². The second-order valence-electron chi connectivity index (χ2n) is 7.47. The molecular weight excluding hydrogens is 409 g/mol. The van der Waals surface area contributed by atoms with E-state index in [0.29, 0.717) is 29.2 Å². The number of aliphatic hydroxyl groups excluding tert-OH is 1. The van der Waals surface area contributed by atoms with Gasteiger partial charge in [-0.3, -0.25) is 14.5 Å². The highest BCUT2D eigenvalue weighted by molar-refractivity contribution is 6.51. The van der Waals surface area contributed by atoms with Crippen molar-refractivity contribution < 1.29 is 23.8 Å². The minimum Gasteiger partial charge on any atom is -0.507 e. The average molecular weight is 431 g/mol. The number of carbonyl (C=O) groups excluding carboxylic acids is 2. The van der Waals surface area contributed by atoms with Gasteiger partial charge in [-0.1, -0.05) is 30.3 Å². The number of amides is 1. The van der Waals surface area contributed by atoms with E-state index in [1.807, 2.05) is 13.0 Å². The first-order valence-electron chi connectivity index (χ1n) is 10.3. The topological polar surface area (TPSA) is 66.8 Å². The Morgan fingerprint density at radius 3 is 2.34 bits per heavy atom. The number of aliphatic hydroxyl groups is 1. The molecule has 6 heteroatoms. The third-order valence-corrected chi connectivity index (χ3v) is 5.42. The van der Waals surface area contributed by atoms with Crippen molar-refractivity contribution in [2.75, 3.05) is 11.5 Å². The van der Waals surface area contributed by atoms with E-state index in [4.69, 9.17) is 4.74 Å². The third kappa shape index (κ3) is 3.75. The summed E-state index contributed by atoms with van der Waals surface area (Å²) in [6.07, 6.45) is 0. The number of benzene rings is 3. The van der Waals surface area contributed by atoms with E-state index < -0.39 is 23.5 Å². The van der Waals surface area contributed by atoms with Gasteiger partial charge in [-0.15, -0.1) is 0 Å². The van der Waals surface area contributed by atoms with E-state index in [0.717, 1.165) is 0 Å². The summed E-state index contributed by atoms with van der Waals surface area (Å²) in [5.41, 5.74) is 1.71. The fourth-order valence-electron chi connectivity index (χ4n) is 3.86. The maximum absolute atomic E-state index is 13.8. The first kappa shape index (κ1) is 21.3. The van der Waals surface area contributed by atoms with Crippen LogP contribution in [-0.4, -0.2) is 23.4 Å². The summed E-state index contributed by atoms with van der Waals surface area (Å²) in [6.45, 7) is 3.95. The van der Waals surface area contributed by atoms with Gasteiger partial charge in [0.2, 0.25) is 0 Å². The third-order valence-electron chi connectivity index (χ3n) is 5.42. The van der Waals surface area contributed by atoms with E-state index in [2.05, 4.69) is 0 Å². The van der Waals surface area contributed by atoms with E-state index in [1.165, 1.54) is 23.1 Å². The van der Waals surface area contributed by atoms with Crippen molar-refractivity contribution in [2.45, 2.75) is 19.9 Å². The average Bonchev–Trinajstić information content (AvgIpc) is 3.07. The van der Waals surface area contributed by atoms with Crippen LogP contribution in [0.25, 0.3) is 5.76 Å². The number of nitrogens with zero attached hydrogens (tertiary/aromatic N) is 1. The number of para-hydroxylation sites is 1. The molecule has 1 aliphatic rings. The smallest absolute Gasteiger partial charge is 0.300 e. The standard InChI is InChI=1S/C26H22FNO4/c1-3-32-20-12-9-17(10-13-20)23-22(24(29)18-11-14-21(27)16(2)15-18)25(30)26(31)28(23)19-7-5-4-6-8-19/h4-15,23,29H,3H2,1-2H3/b24-22-. The number of carbonyl (C=O) groups is 2. The zero-order chi connectivity index (χ0) is 22.8. The van der Waals surface area contributed by atoms with Gasteiger partial charge in [0.1, 0.15) is 17.3 Å². The van der Waals surface area contributed by atoms with Crippen LogP contribution in [0.1, 0.15) is 29.7 Å². The number of ether oxygens (including phenoxy) is 1. The number of aryl methyl sites for hydroxylation is 1. The van der Waals surface area contributed by atoms with Crippen LogP contribution in [0.2, 0.25) is 0 Å². The van der Waals surface area contributed by atoms with Crippen LogP contribution in [0.3, 0.4) is 0 Å². The van der Waals surface area contributed by atoms with Crippen molar-refractivity contribution in [2.24, 2.45) is 0 Å². The van der Waals surface area contributed by atoms with Crippen molar-refractivity contribution in [1.82, 2.24) is 0 Å². The monoisotopic (exact) mass is 431 g/mol. The van der Waals surface area contributed by atoms with Crippen molar-refractivity contribution in [1.29, 1.82) is 0 Å². The number of ketones is 1. The Kier molecular flexibility index (Phi) is 5.77. The van der Waals surface area contributed by atoms with Gasteiger partial charge < -0.3 is 9.84 Å². The number of hydrogen-bond acceptors (Lipinski definition) is 4. The van der Waals surface area contributed by atoms with Gasteiger partial charge in [-0.2, -0.15) is 0 Å². The summed E-state index contributed by atoms with van der Waals surface area (Å²) >= 11 is 0. The van der Waals surface area contributed by atoms with Gasteiger partial charge in [0, 0.05) is 11.3 Å². The molecular formula is C26H22FNO4. The fourth-order valence-corrected chi connectivity index (χ4v) is 3.86. The molecule has 3 aromatic carbocycles. The van der Waals surface area contributed by atoms with Crippen LogP contribution in [0.5, 0.6) is 5.75 Å². The van der Waals surface area contributed by atoms with Crippen molar-refractivity contribution in [3.05, 3.63) is 101 Å². The lowest BCUT2D eigenvalue weighted by atomic mass is 9.94. The molecule has 3 aromatic rings. The molecule has 1 fully saturated rings. The Bertz CT molecular complexity index is 1200. The molecule has 0 aromatic heterocycles. The number of Topliss-reactive ketones (excluding diaryl/α,β-unsaturated/α-hetero) is 1. The molecule has 0 spiro atoms. The first-order chi connectivity index (χ1) is 15.4. The Labute approximate surface area is 185 Å². The predicted molar refractivity (Wildman–Crippen MR) is 120 cm³/mol. The van der Waals surface area contributed by atoms with Gasteiger partial charge in [0.25, 0.3) is 11.7 Å². The summed E-state index contributed by atoms with van der Waals surface area (Å²) in [6, 6.07) is 19.1. The van der Waals surface area contributed by atoms with Gasteiger partial charge in [-0.05, 0) is 67.4 Å². The van der Waals surface area contributed by atoms with Gasteiger partial charge in [-0.25, -0.2) is 4.39 Å². The van der Waals surface area contributed by atoms with E-state index in [9.17, 15) is 19.1 Å². The van der Waals surface area contributed by atoms with Crippen LogP contribution in [0.4, 0.5) is 10.1 Å². The van der Waals surface area contributed by atoms with Gasteiger partial charge in [0.05, 0.1) is 18.2 Å². The summed E-state index contributed by atoms with van der Waals surface area (Å²) in [5.74, 6) is -1.65. The van der Waals surface area contributed by atoms with E-state index >= 15 is 0 Å². The van der Waals surface area contributed by atoms with Crippen LogP contribution in [0.15, 0.2) is 78.4 Å². The maximum atomic E-state index is 13.8. The zero-order valence-corrected chi connectivity index (χ0v) is 17.7. The highest BCUT2D eigenvalue weighted by Crippen LogP contribution is 2.42. The second-order valence-corrected chi connectivity index (χ2v) is 7.47. The fraction of sp³-hybridized carbons (Fsp3) is 0.154. The molecule has 0 radical (unpaired) electrons. The molecule has 5 nitrogen and oxygen atoms in total.